The molecule has 0 heterocycles. The van der Waals surface area contributed by atoms with Crippen LogP contribution in [0.5, 0.6) is 0 Å². The van der Waals surface area contributed by atoms with E-state index in [0.717, 1.165) is 12.8 Å². The number of rotatable bonds is 3. The molecule has 0 bridgehead atoms. The van der Waals surface area contributed by atoms with E-state index in [-0.39, 0.29) is 15.5 Å². The number of halogens is 1. The number of nitrogens with one attached hydrogen (secondary N) is 1. The molecule has 1 aromatic rings. The zero-order valence-electron chi connectivity index (χ0n) is 8.83. The summed E-state index contributed by atoms with van der Waals surface area (Å²) in [7, 11) is -3.57. The highest BCUT2D eigenvalue weighted by Crippen LogP contribution is 2.36. The van der Waals surface area contributed by atoms with Crippen molar-refractivity contribution >= 4 is 27.3 Å². The van der Waals surface area contributed by atoms with Gasteiger partial charge >= 0.3 is 0 Å². The Labute approximate surface area is 99.8 Å². The van der Waals surface area contributed by atoms with Gasteiger partial charge in [-0.25, -0.2) is 13.1 Å². The molecular formula is C10H13ClN2O2S. The molecule has 16 heavy (non-hydrogen) atoms. The molecule has 6 heteroatoms. The molecule has 1 aromatic carbocycles. The van der Waals surface area contributed by atoms with Crippen LogP contribution in [-0.4, -0.2) is 14.0 Å². The van der Waals surface area contributed by atoms with E-state index in [1.54, 1.807) is 6.07 Å². The van der Waals surface area contributed by atoms with Gasteiger partial charge in [0.25, 0.3) is 0 Å². The van der Waals surface area contributed by atoms with E-state index >= 15 is 0 Å². The first kappa shape index (κ1) is 11.7. The molecule has 0 spiro atoms. The molecule has 0 unspecified atom stereocenters. The van der Waals surface area contributed by atoms with Crippen LogP contribution < -0.4 is 10.5 Å². The minimum Gasteiger partial charge on any atom is -0.399 e. The topological polar surface area (TPSA) is 72.2 Å². The molecule has 1 aliphatic carbocycles. The molecule has 1 saturated carbocycles. The van der Waals surface area contributed by atoms with Crippen molar-refractivity contribution in [1.82, 2.24) is 4.72 Å². The van der Waals surface area contributed by atoms with Crippen molar-refractivity contribution in [2.75, 3.05) is 5.73 Å². The maximum atomic E-state index is 12.0. The fraction of sp³-hybridized carbons (Fsp3) is 0.400. The van der Waals surface area contributed by atoms with E-state index in [1.807, 2.05) is 6.92 Å². The highest BCUT2D eigenvalue weighted by atomic mass is 35.5. The van der Waals surface area contributed by atoms with Gasteiger partial charge in [0.1, 0.15) is 4.90 Å². The normalized spacial score (nSPS) is 18.4. The van der Waals surface area contributed by atoms with Crippen molar-refractivity contribution in [3.63, 3.8) is 0 Å². The zero-order chi connectivity index (χ0) is 12.0. The van der Waals surface area contributed by atoms with Crippen LogP contribution in [0, 0.1) is 0 Å². The second-order valence-electron chi connectivity index (χ2n) is 4.36. The summed E-state index contributed by atoms with van der Waals surface area (Å²) >= 11 is 5.86. The Morgan fingerprint density at radius 2 is 2.06 bits per heavy atom. The van der Waals surface area contributed by atoms with Gasteiger partial charge in [0.05, 0.1) is 5.02 Å². The van der Waals surface area contributed by atoms with Crippen molar-refractivity contribution in [3.05, 3.63) is 23.2 Å². The largest absolute Gasteiger partial charge is 0.399 e. The Balaban J connectivity index is 2.38. The second-order valence-corrected chi connectivity index (χ2v) is 6.41. The highest BCUT2D eigenvalue weighted by Gasteiger charge is 2.41. The Bertz CT molecular complexity index is 524. The van der Waals surface area contributed by atoms with E-state index in [4.69, 9.17) is 17.3 Å². The molecule has 0 amide bonds. The SMILES string of the molecule is CC1(NS(=O)(=O)c2cc(N)ccc2Cl)CC1. The van der Waals surface area contributed by atoms with E-state index in [1.165, 1.54) is 12.1 Å². The molecule has 0 aliphatic heterocycles. The Morgan fingerprint density at radius 3 is 2.62 bits per heavy atom. The first-order valence-corrected chi connectivity index (χ1v) is 6.78. The molecule has 1 fully saturated rings. The van der Waals surface area contributed by atoms with E-state index < -0.39 is 10.0 Å². The summed E-state index contributed by atoms with van der Waals surface area (Å²) in [5.41, 5.74) is 5.62. The molecular weight excluding hydrogens is 248 g/mol. The third-order valence-electron chi connectivity index (χ3n) is 2.63. The minimum atomic E-state index is -3.57. The van der Waals surface area contributed by atoms with E-state index in [0.29, 0.717) is 5.69 Å². The molecule has 0 atom stereocenters. The Hall–Kier alpha value is -0.780. The Kier molecular flexibility index (Phi) is 2.64. The van der Waals surface area contributed by atoms with E-state index in [9.17, 15) is 8.42 Å². The van der Waals surface area contributed by atoms with Gasteiger partial charge < -0.3 is 5.73 Å². The lowest BCUT2D eigenvalue weighted by molar-refractivity contribution is 0.558. The van der Waals surface area contributed by atoms with Crippen LogP contribution in [0.4, 0.5) is 5.69 Å². The lowest BCUT2D eigenvalue weighted by Crippen LogP contribution is -2.34. The average Bonchev–Trinajstić information content (AvgIpc) is 2.86. The number of nitrogen functional groups attached to an aromatic ring is 1. The molecule has 0 radical (unpaired) electrons. The molecule has 2 rings (SSSR count). The fourth-order valence-corrected chi connectivity index (χ4v) is 3.40. The number of nitrogens with two attached hydrogens (primary N) is 1. The first-order chi connectivity index (χ1) is 7.32. The quantitative estimate of drug-likeness (QED) is 0.814. The second kappa shape index (κ2) is 3.61. The maximum absolute atomic E-state index is 12.0. The van der Waals surface area contributed by atoms with Gasteiger partial charge in [-0.05, 0) is 38.0 Å². The third-order valence-corrected chi connectivity index (χ3v) is 4.75. The summed E-state index contributed by atoms with van der Waals surface area (Å²) in [5, 5.41) is 0.186. The van der Waals surface area contributed by atoms with Gasteiger partial charge in [-0.3, -0.25) is 0 Å². The summed E-state index contributed by atoms with van der Waals surface area (Å²) in [6.45, 7) is 1.87. The van der Waals surface area contributed by atoms with Crippen molar-refractivity contribution in [1.29, 1.82) is 0 Å². The van der Waals surface area contributed by atoms with Gasteiger partial charge in [-0.15, -0.1) is 0 Å². The van der Waals surface area contributed by atoms with Crippen LogP contribution in [-0.2, 0) is 10.0 Å². The van der Waals surface area contributed by atoms with Crippen molar-refractivity contribution in [3.8, 4) is 0 Å². The van der Waals surface area contributed by atoms with Crippen LogP contribution in [0.2, 0.25) is 5.02 Å². The van der Waals surface area contributed by atoms with Crippen LogP contribution in [0.15, 0.2) is 23.1 Å². The standard InChI is InChI=1S/C10H13ClN2O2S/c1-10(4-5-10)13-16(14,15)9-6-7(12)2-3-8(9)11/h2-3,6,13H,4-5,12H2,1H3. The highest BCUT2D eigenvalue weighted by molar-refractivity contribution is 7.89. The number of hydrogen-bond donors (Lipinski definition) is 2. The lowest BCUT2D eigenvalue weighted by Gasteiger charge is -2.13. The van der Waals surface area contributed by atoms with Gasteiger partial charge in [0.15, 0.2) is 0 Å². The molecule has 0 aromatic heterocycles. The average molecular weight is 261 g/mol. The number of hydrogen-bond acceptors (Lipinski definition) is 3. The molecule has 4 nitrogen and oxygen atoms in total. The summed E-state index contributed by atoms with van der Waals surface area (Å²) in [4.78, 5) is 0.0438. The predicted octanol–water partition coefficient (Wildman–Crippen LogP) is 1.75. The number of sulfonamides is 1. The van der Waals surface area contributed by atoms with Crippen molar-refractivity contribution in [2.45, 2.75) is 30.2 Å². The van der Waals surface area contributed by atoms with Crippen molar-refractivity contribution in [2.24, 2.45) is 0 Å². The molecule has 3 N–H and O–H groups in total. The van der Waals surface area contributed by atoms with Gasteiger partial charge in [-0.2, -0.15) is 0 Å². The van der Waals surface area contributed by atoms with Crippen molar-refractivity contribution < 1.29 is 8.42 Å². The van der Waals surface area contributed by atoms with Gasteiger partial charge in [0, 0.05) is 11.2 Å². The zero-order valence-corrected chi connectivity index (χ0v) is 10.4. The monoisotopic (exact) mass is 260 g/mol. The predicted molar refractivity (Wildman–Crippen MR) is 63.8 cm³/mol. The third kappa shape index (κ3) is 2.31. The maximum Gasteiger partial charge on any atom is 0.242 e. The first-order valence-electron chi connectivity index (χ1n) is 4.91. The molecule has 88 valence electrons. The number of anilines is 1. The van der Waals surface area contributed by atoms with Crippen LogP contribution in [0.25, 0.3) is 0 Å². The van der Waals surface area contributed by atoms with Crippen LogP contribution in [0.3, 0.4) is 0 Å². The molecule has 0 saturated heterocycles. The van der Waals surface area contributed by atoms with Crippen LogP contribution in [0.1, 0.15) is 19.8 Å². The van der Waals surface area contributed by atoms with Crippen LogP contribution >= 0.6 is 11.6 Å². The summed E-state index contributed by atoms with van der Waals surface area (Å²) in [6.07, 6.45) is 1.71. The minimum absolute atomic E-state index is 0.0438. The Morgan fingerprint density at radius 1 is 1.44 bits per heavy atom. The summed E-state index contributed by atoms with van der Waals surface area (Å²) in [6, 6.07) is 4.43. The fourth-order valence-electron chi connectivity index (χ4n) is 1.39. The van der Waals surface area contributed by atoms with Gasteiger partial charge in [-0.1, -0.05) is 11.6 Å². The summed E-state index contributed by atoms with van der Waals surface area (Å²) < 4.78 is 26.6. The summed E-state index contributed by atoms with van der Waals surface area (Å²) in [5.74, 6) is 0. The molecule has 1 aliphatic rings. The smallest absolute Gasteiger partial charge is 0.242 e. The number of benzene rings is 1. The lowest BCUT2D eigenvalue weighted by atomic mass is 10.3. The van der Waals surface area contributed by atoms with Gasteiger partial charge in [0.2, 0.25) is 10.0 Å². The van der Waals surface area contributed by atoms with E-state index in [2.05, 4.69) is 4.72 Å².